The molecule has 1 aromatic rings. The number of carbonyl (C=O) groups excluding carboxylic acids is 1. The van der Waals surface area contributed by atoms with Gasteiger partial charge in [0.2, 0.25) is 5.78 Å². The molecular formula is C13H21ClN2O2. The van der Waals surface area contributed by atoms with E-state index in [1.54, 1.807) is 11.8 Å². The molecule has 5 heteroatoms. The van der Waals surface area contributed by atoms with E-state index >= 15 is 0 Å². The normalized spacial score (nSPS) is 13.7. The predicted octanol–water partition coefficient (Wildman–Crippen LogP) is 3.19. The number of carbonyl (C=O) groups is 1. The number of halogens is 1. The molecule has 1 atom stereocenters. The Bertz CT molecular complexity index is 421. The zero-order valence-corrected chi connectivity index (χ0v) is 12.4. The van der Waals surface area contributed by atoms with Crippen molar-refractivity contribution in [3.05, 3.63) is 16.9 Å². The van der Waals surface area contributed by atoms with E-state index in [0.717, 1.165) is 6.42 Å². The summed E-state index contributed by atoms with van der Waals surface area (Å²) in [6.07, 6.45) is 1.88. The van der Waals surface area contributed by atoms with Crippen molar-refractivity contribution >= 4 is 17.4 Å². The lowest BCUT2D eigenvalue weighted by atomic mass is 9.85. The maximum absolute atomic E-state index is 12.5. The number of rotatable bonds is 5. The molecule has 0 aromatic carbocycles. The molecule has 1 unspecified atom stereocenters. The molecule has 0 aliphatic rings. The zero-order valence-electron chi connectivity index (χ0n) is 11.7. The third kappa shape index (κ3) is 3.12. The first kappa shape index (κ1) is 15.2. The van der Waals surface area contributed by atoms with Crippen LogP contribution in [0, 0.1) is 5.41 Å². The Morgan fingerprint density at radius 3 is 2.61 bits per heavy atom. The first-order valence-corrected chi connectivity index (χ1v) is 6.49. The molecule has 1 heterocycles. The molecular weight excluding hydrogens is 252 g/mol. The maximum Gasteiger partial charge on any atom is 0.211 e. The minimum absolute atomic E-state index is 0.110. The van der Waals surface area contributed by atoms with Crippen molar-refractivity contribution in [1.29, 1.82) is 0 Å². The molecule has 0 aliphatic heterocycles. The van der Waals surface area contributed by atoms with Gasteiger partial charge in [0.1, 0.15) is 11.8 Å². The van der Waals surface area contributed by atoms with Crippen molar-refractivity contribution in [1.82, 2.24) is 9.78 Å². The van der Waals surface area contributed by atoms with Gasteiger partial charge in [0, 0.05) is 13.7 Å². The highest BCUT2D eigenvalue weighted by Crippen LogP contribution is 2.27. The van der Waals surface area contributed by atoms with Crippen LogP contribution in [0.1, 0.15) is 44.6 Å². The molecule has 0 bridgehead atoms. The smallest absolute Gasteiger partial charge is 0.211 e. The fraction of sp³-hybridized carbons (Fsp3) is 0.692. The van der Waals surface area contributed by atoms with E-state index < -0.39 is 6.10 Å². The summed E-state index contributed by atoms with van der Waals surface area (Å²) in [5.74, 6) is -0.110. The van der Waals surface area contributed by atoms with E-state index in [2.05, 4.69) is 5.10 Å². The Morgan fingerprint density at radius 2 is 2.17 bits per heavy atom. The Balaban J connectivity index is 3.13. The number of hydrogen-bond acceptors (Lipinski definition) is 3. The van der Waals surface area contributed by atoms with E-state index in [4.69, 9.17) is 16.3 Å². The third-order valence-electron chi connectivity index (χ3n) is 2.72. The molecule has 0 aliphatic carbocycles. The fourth-order valence-corrected chi connectivity index (χ4v) is 2.20. The molecule has 0 saturated heterocycles. The lowest BCUT2D eigenvalue weighted by Crippen LogP contribution is -2.37. The van der Waals surface area contributed by atoms with Gasteiger partial charge in [-0.15, -0.1) is 0 Å². The van der Waals surface area contributed by atoms with Crippen LogP contribution < -0.4 is 0 Å². The lowest BCUT2D eigenvalue weighted by Gasteiger charge is -2.28. The van der Waals surface area contributed by atoms with Crippen molar-refractivity contribution in [2.75, 3.05) is 7.11 Å². The van der Waals surface area contributed by atoms with Gasteiger partial charge in [-0.1, -0.05) is 39.3 Å². The van der Waals surface area contributed by atoms with Crippen molar-refractivity contribution in [2.45, 2.75) is 46.8 Å². The second-order valence-electron chi connectivity index (χ2n) is 5.41. The van der Waals surface area contributed by atoms with Crippen LogP contribution in [-0.4, -0.2) is 28.8 Å². The fourth-order valence-electron chi connectivity index (χ4n) is 1.97. The monoisotopic (exact) mass is 272 g/mol. The van der Waals surface area contributed by atoms with Crippen LogP contribution in [0.2, 0.25) is 5.02 Å². The van der Waals surface area contributed by atoms with Crippen LogP contribution in [0.4, 0.5) is 0 Å². The quantitative estimate of drug-likeness (QED) is 0.773. The Kier molecular flexibility index (Phi) is 4.93. The largest absolute Gasteiger partial charge is 0.373 e. The molecule has 1 rings (SSSR count). The van der Waals surface area contributed by atoms with Crippen LogP contribution in [0.15, 0.2) is 6.20 Å². The van der Waals surface area contributed by atoms with Gasteiger partial charge in [0.05, 0.1) is 11.2 Å². The molecule has 102 valence electrons. The number of hydrogen-bond donors (Lipinski definition) is 0. The minimum Gasteiger partial charge on any atom is -0.373 e. The molecule has 0 amide bonds. The summed E-state index contributed by atoms with van der Waals surface area (Å²) < 4.78 is 6.99. The first-order chi connectivity index (χ1) is 8.32. The molecule has 18 heavy (non-hydrogen) atoms. The zero-order chi connectivity index (χ0) is 13.9. The summed E-state index contributed by atoms with van der Waals surface area (Å²) in [6, 6.07) is 0. The molecule has 0 fully saturated rings. The molecule has 0 spiro atoms. The molecule has 0 N–H and O–H groups in total. The summed E-state index contributed by atoms with van der Waals surface area (Å²) >= 11 is 6.07. The number of ether oxygens (including phenoxy) is 1. The maximum atomic E-state index is 12.5. The van der Waals surface area contributed by atoms with Gasteiger partial charge in [-0.05, 0) is 11.8 Å². The van der Waals surface area contributed by atoms with Gasteiger partial charge in [0.15, 0.2) is 0 Å². The Hall–Kier alpha value is -0.870. The van der Waals surface area contributed by atoms with Crippen molar-refractivity contribution in [3.63, 3.8) is 0 Å². The second kappa shape index (κ2) is 5.85. The summed E-state index contributed by atoms with van der Waals surface area (Å²) in [6.45, 7) is 8.60. The van der Waals surface area contributed by atoms with Crippen molar-refractivity contribution < 1.29 is 9.53 Å². The second-order valence-corrected chi connectivity index (χ2v) is 5.82. The molecule has 1 aromatic heterocycles. The Labute approximate surface area is 113 Å². The van der Waals surface area contributed by atoms with Crippen molar-refractivity contribution in [3.8, 4) is 0 Å². The average Bonchev–Trinajstić information content (AvgIpc) is 2.59. The van der Waals surface area contributed by atoms with Gasteiger partial charge < -0.3 is 4.74 Å². The van der Waals surface area contributed by atoms with Crippen molar-refractivity contribution in [2.24, 2.45) is 5.41 Å². The first-order valence-electron chi connectivity index (χ1n) is 6.11. The number of ketones is 1. The SMILES string of the molecule is CCCn1ncc(Cl)c1C(=O)C(OC)C(C)(C)C. The van der Waals surface area contributed by atoms with E-state index in [-0.39, 0.29) is 11.2 Å². The number of methoxy groups -OCH3 is 1. The molecule has 4 nitrogen and oxygen atoms in total. The third-order valence-corrected chi connectivity index (χ3v) is 3.00. The van der Waals surface area contributed by atoms with E-state index in [1.165, 1.54) is 6.20 Å². The summed E-state index contributed by atoms with van der Waals surface area (Å²) in [4.78, 5) is 12.5. The summed E-state index contributed by atoms with van der Waals surface area (Å²) in [7, 11) is 1.54. The van der Waals surface area contributed by atoms with Gasteiger partial charge in [-0.25, -0.2) is 0 Å². The Morgan fingerprint density at radius 1 is 1.56 bits per heavy atom. The number of Topliss-reactive ketones (excluding diaryl/α,β-unsaturated/α-hetero) is 1. The number of nitrogens with zero attached hydrogens (tertiary/aromatic N) is 2. The predicted molar refractivity (Wildman–Crippen MR) is 72.1 cm³/mol. The summed E-state index contributed by atoms with van der Waals surface area (Å²) in [5, 5.41) is 4.52. The van der Waals surface area contributed by atoms with Gasteiger partial charge in [-0.2, -0.15) is 5.10 Å². The number of aryl methyl sites for hydroxylation is 1. The van der Waals surface area contributed by atoms with Crippen LogP contribution in [0.5, 0.6) is 0 Å². The topological polar surface area (TPSA) is 44.1 Å². The van der Waals surface area contributed by atoms with E-state index in [9.17, 15) is 4.79 Å². The highest BCUT2D eigenvalue weighted by atomic mass is 35.5. The lowest BCUT2D eigenvalue weighted by molar-refractivity contribution is 0.0187. The van der Waals surface area contributed by atoms with Gasteiger partial charge in [0.25, 0.3) is 0 Å². The standard InChI is InChI=1S/C13H21ClN2O2/c1-6-7-16-10(9(14)8-15-16)11(17)12(18-5)13(2,3)4/h8,12H,6-7H2,1-5H3. The molecule has 0 saturated carbocycles. The highest BCUT2D eigenvalue weighted by Gasteiger charge is 2.34. The number of aromatic nitrogens is 2. The van der Waals surface area contributed by atoms with Crippen LogP contribution in [0.3, 0.4) is 0 Å². The highest BCUT2D eigenvalue weighted by molar-refractivity contribution is 6.33. The summed E-state index contributed by atoms with van der Waals surface area (Å²) in [5.41, 5.74) is 0.163. The van der Waals surface area contributed by atoms with E-state index in [1.807, 2.05) is 27.7 Å². The minimum atomic E-state index is -0.526. The van der Waals surface area contributed by atoms with Gasteiger partial charge in [-0.3, -0.25) is 9.48 Å². The van der Waals surface area contributed by atoms with E-state index in [0.29, 0.717) is 17.3 Å². The van der Waals surface area contributed by atoms with Crippen LogP contribution >= 0.6 is 11.6 Å². The van der Waals surface area contributed by atoms with Crippen LogP contribution in [-0.2, 0) is 11.3 Å². The average molecular weight is 273 g/mol. The van der Waals surface area contributed by atoms with Crippen LogP contribution in [0.25, 0.3) is 0 Å². The molecule has 0 radical (unpaired) electrons. The van der Waals surface area contributed by atoms with Gasteiger partial charge >= 0.3 is 0 Å².